The van der Waals surface area contributed by atoms with E-state index in [4.69, 9.17) is 21.9 Å². The molecule has 83 heavy (non-hydrogen) atoms. The number of nitrogens with two attached hydrogens (primary N) is 3. The van der Waals surface area contributed by atoms with E-state index in [0.29, 0.717) is 92.2 Å². The quantitative estimate of drug-likeness (QED) is 0.0430. The van der Waals surface area contributed by atoms with Crippen LogP contribution in [-0.4, -0.2) is 111 Å². The van der Waals surface area contributed by atoms with Gasteiger partial charge in [0.25, 0.3) is 0 Å². The van der Waals surface area contributed by atoms with Crippen molar-refractivity contribution in [3.63, 3.8) is 0 Å². The number of nitrogens with zero attached hydrogens (tertiary/aromatic N) is 1. The topological polar surface area (TPSA) is 291 Å². The number of hydrogen-bond donors (Lipinski definition) is 12. The first-order valence-electron chi connectivity index (χ1n) is 29.8. The number of hydrogen-bond acceptors (Lipinski definition) is 13. The number of ether oxygens (including phenoxy) is 1. The maximum atomic E-state index is 15.4. The monoisotopic (exact) mass is 1130 g/mol. The zero-order valence-electron chi connectivity index (χ0n) is 48.5. The zero-order chi connectivity index (χ0) is 59.2. The number of aliphatic hydroxyl groups is 5. The Morgan fingerprint density at radius 2 is 1.73 bits per heavy atom. The highest BCUT2D eigenvalue weighted by atomic mass is 16.5. The number of likely N-dealkylation sites (N-methyl/N-ethyl adjacent to an activating group) is 1. The molecule has 2 bridgehead atoms. The van der Waals surface area contributed by atoms with E-state index in [-0.39, 0.29) is 62.6 Å². The number of guanidine groups is 1. The van der Waals surface area contributed by atoms with Crippen molar-refractivity contribution in [2.45, 2.75) is 152 Å². The lowest BCUT2D eigenvalue weighted by Crippen LogP contribution is -2.65. The second kappa shape index (κ2) is 26.4. The molecule has 16 heteroatoms. The zero-order valence-corrected chi connectivity index (χ0v) is 48.5. The van der Waals surface area contributed by atoms with Crippen LogP contribution in [0.4, 0.5) is 0 Å². The molecule has 0 aromatic heterocycles. The van der Waals surface area contributed by atoms with E-state index in [2.05, 4.69) is 39.4 Å². The largest absolute Gasteiger partial charge is 0.508 e. The van der Waals surface area contributed by atoms with E-state index in [1.807, 2.05) is 81.5 Å². The van der Waals surface area contributed by atoms with Gasteiger partial charge < -0.3 is 57.9 Å². The molecule has 3 aromatic carbocycles. The summed E-state index contributed by atoms with van der Waals surface area (Å²) >= 11 is 0. The second-order valence-corrected chi connectivity index (χ2v) is 24.3. The maximum Gasteiger partial charge on any atom is 0.243 e. The Kier molecular flexibility index (Phi) is 19.5. The van der Waals surface area contributed by atoms with Crippen LogP contribution in [0.5, 0.6) is 5.75 Å². The minimum absolute atomic E-state index is 0.0608. The van der Waals surface area contributed by atoms with Gasteiger partial charge in [0, 0.05) is 49.6 Å². The summed E-state index contributed by atoms with van der Waals surface area (Å²) in [4.78, 5) is 34.0. The fraction of sp³-hybridized carbons (Fsp3) is 0.507. The van der Waals surface area contributed by atoms with Crippen molar-refractivity contribution in [1.29, 1.82) is 0 Å². The van der Waals surface area contributed by atoms with Gasteiger partial charge in [-0.25, -0.2) is 0 Å². The van der Waals surface area contributed by atoms with Gasteiger partial charge in [0.2, 0.25) is 5.91 Å². The van der Waals surface area contributed by atoms with Crippen LogP contribution >= 0.6 is 0 Å². The first-order chi connectivity index (χ1) is 39.8. The number of amides is 1. The molecule has 16 nitrogen and oxygen atoms in total. The average Bonchev–Trinajstić information content (AvgIpc) is 1.74. The van der Waals surface area contributed by atoms with Crippen LogP contribution in [0.1, 0.15) is 136 Å². The van der Waals surface area contributed by atoms with E-state index in [1.54, 1.807) is 30.3 Å². The van der Waals surface area contributed by atoms with E-state index >= 15 is 4.79 Å². The van der Waals surface area contributed by atoms with Gasteiger partial charge in [0.1, 0.15) is 30.3 Å². The molecule has 0 unspecified atom stereocenters. The minimum Gasteiger partial charge on any atom is -0.508 e. The number of phenols is 1. The molecular weight excluding hydrogens is 1050 g/mol. The molecule has 15 N–H and O–H groups in total. The Morgan fingerprint density at radius 1 is 0.976 bits per heavy atom. The Morgan fingerprint density at radius 3 is 2.49 bits per heavy atom. The van der Waals surface area contributed by atoms with Crippen LogP contribution in [-0.2, 0) is 33.6 Å². The summed E-state index contributed by atoms with van der Waals surface area (Å²) in [6.07, 6.45) is 8.98. The van der Waals surface area contributed by atoms with Crippen LogP contribution in [0.2, 0.25) is 0 Å². The maximum absolute atomic E-state index is 15.4. The lowest BCUT2D eigenvalue weighted by atomic mass is 9.45. The van der Waals surface area contributed by atoms with E-state index in [9.17, 15) is 35.4 Å². The van der Waals surface area contributed by atoms with Gasteiger partial charge in [-0.05, 0) is 158 Å². The van der Waals surface area contributed by atoms with Crippen molar-refractivity contribution in [3.8, 4) is 17.6 Å². The predicted molar refractivity (Wildman–Crippen MR) is 322 cm³/mol. The Balaban J connectivity index is 1.14. The van der Waals surface area contributed by atoms with Gasteiger partial charge in [-0.2, -0.15) is 0 Å². The number of Topliss-reactive ketones (excluding diaryl/α,β-unsaturated/α-hetero) is 1. The van der Waals surface area contributed by atoms with Crippen LogP contribution in [0, 0.1) is 40.9 Å². The molecule has 1 spiro atoms. The molecule has 6 aliphatic rings. The fourth-order valence-electron chi connectivity index (χ4n) is 15.2. The summed E-state index contributed by atoms with van der Waals surface area (Å²) in [6.45, 7) is 10.9. The summed E-state index contributed by atoms with van der Waals surface area (Å²) in [5.74, 6) is 3.53. The van der Waals surface area contributed by atoms with Gasteiger partial charge in [-0.3, -0.25) is 25.2 Å². The summed E-state index contributed by atoms with van der Waals surface area (Å²) in [6, 6.07) is 19.1. The minimum atomic E-state index is -1.40. The SMILES string of the molecule is C=C1/C=C/C=C(\[C@H]2C[C@@H]3CCC[C@@]4(O)CC/C5=C(/C)C(=O)Cc6cccc7c6[C@H](NC[C@H](O)[C@@H]([C@H](CN=C(N)N)c6ccc(O)cc6)Cc6cccc(c6)C[C@H](O)CC[C@H]5[C@@]34[C@@H]2O)C(=O)N[C@H]7N)COCC#CC/C(C)=C/C[C@@]1(O)NCC. The number of benzene rings is 3. The molecule has 0 saturated heterocycles. The first-order valence-corrected chi connectivity index (χ1v) is 29.8. The molecule has 0 radical (unpaired) electrons. The molecule has 3 heterocycles. The number of nitrogens with one attached hydrogen (secondary N) is 3. The van der Waals surface area contributed by atoms with Gasteiger partial charge in [0.05, 0.1) is 30.5 Å². The highest BCUT2D eigenvalue weighted by Gasteiger charge is 2.70. The van der Waals surface area contributed by atoms with Gasteiger partial charge >= 0.3 is 0 Å². The number of phenolic OH excluding ortho intramolecular Hbond substituents is 1. The molecule has 9 rings (SSSR count). The van der Waals surface area contributed by atoms with Gasteiger partial charge in [-0.1, -0.05) is 122 Å². The molecule has 3 aliphatic carbocycles. The van der Waals surface area contributed by atoms with Crippen molar-refractivity contribution >= 4 is 17.6 Å². The molecule has 3 fully saturated rings. The van der Waals surface area contributed by atoms with Crippen molar-refractivity contribution in [3.05, 3.63) is 159 Å². The summed E-state index contributed by atoms with van der Waals surface area (Å²) in [5.41, 5.74) is 22.7. The number of β-amino-alcohol motifs (C(OH)–C–C–N with tert-alkyl or cyclic N) is 1. The molecular formula is C67H87N7O9. The summed E-state index contributed by atoms with van der Waals surface area (Å²) < 4.78 is 6.30. The number of aromatic hydroxyl groups is 1. The smallest absolute Gasteiger partial charge is 0.243 e. The fourth-order valence-corrected chi connectivity index (χ4v) is 15.2. The number of aliphatic imine (C=N–C) groups is 1. The molecule has 1 amide bonds. The summed E-state index contributed by atoms with van der Waals surface area (Å²) in [5, 5.41) is 83.5. The van der Waals surface area contributed by atoms with E-state index in [1.165, 1.54) is 0 Å². The Labute approximate surface area is 489 Å². The number of rotatable bonds is 7. The third-order valence-corrected chi connectivity index (χ3v) is 19.3. The summed E-state index contributed by atoms with van der Waals surface area (Å²) in [7, 11) is 0. The van der Waals surface area contributed by atoms with Crippen molar-refractivity contribution < 1.29 is 45.0 Å². The highest BCUT2D eigenvalue weighted by Crippen LogP contribution is 2.69. The van der Waals surface area contributed by atoms with E-state index < -0.39 is 76.8 Å². The van der Waals surface area contributed by atoms with Gasteiger partial charge in [-0.15, -0.1) is 0 Å². The van der Waals surface area contributed by atoms with Crippen molar-refractivity contribution in [1.82, 2.24) is 16.0 Å². The highest BCUT2D eigenvalue weighted by molar-refractivity contribution is 5.98. The Bertz CT molecular complexity index is 3100. The second-order valence-electron chi connectivity index (χ2n) is 24.3. The lowest BCUT2D eigenvalue weighted by molar-refractivity contribution is -0.216. The van der Waals surface area contributed by atoms with Crippen molar-refractivity contribution in [2.24, 2.45) is 51.3 Å². The lowest BCUT2D eigenvalue weighted by Gasteiger charge is -2.61. The first kappa shape index (κ1) is 61.3. The number of fused-ring (bicyclic) bond motifs is 3. The number of allylic oxidation sites excluding steroid dienone is 5. The van der Waals surface area contributed by atoms with Crippen LogP contribution in [0.15, 0.2) is 130 Å². The Hall–Kier alpha value is -6.23. The standard InChI is InChI=1S/C67H87N7O9/c1-5-73-66(82)30-26-40(2)12-6-7-31-83-39-47(17-8-13-41(66)3)53-36-48-18-11-28-65(81)29-27-51-42(4)57(77)35-46-16-10-19-52-59(46)60(63(80)74-62(52)68)71-38-58(78)54(55(37-72-64(69)70)45-20-22-49(75)23-21-45)34-44-15-9-14-43(32-44)33-50(76)24-25-56(51)67(48,65)61(53)79/h8-10,13-17,19-23,26,32,48,50,53-56,58,60-62,71,73,75-76,78-79,81-82H,3,5,11-12,18,24-25,27-31,33-39,68H2,1-2,4H3,(H,74,80)(H4,69,70,72)/b13-8+,40-26+,47-17-,51-42+/t48-,50+,53+,54+,55+,56+,58-,60-,61+,62+,65+,66-,67+/m0/s1. The molecule has 3 aromatic rings. The number of carbonyl (C=O) groups is 2. The number of ketones is 1. The van der Waals surface area contributed by atoms with Crippen molar-refractivity contribution in [2.75, 3.05) is 32.8 Å². The normalized spacial score (nSPS) is 35.0. The third kappa shape index (κ3) is 13.0. The molecule has 444 valence electrons. The van der Waals surface area contributed by atoms with Gasteiger partial charge in [0.15, 0.2) is 11.7 Å². The number of carbonyl (C=O) groups excluding carboxylic acids is 2. The molecule has 3 saturated carbocycles. The van der Waals surface area contributed by atoms with Crippen LogP contribution in [0.25, 0.3) is 0 Å². The average molecular weight is 1130 g/mol. The third-order valence-electron chi connectivity index (χ3n) is 19.3. The number of aliphatic hydroxyl groups excluding tert-OH is 3. The van der Waals surface area contributed by atoms with Crippen LogP contribution in [0.3, 0.4) is 0 Å². The molecule has 13 atom stereocenters. The van der Waals surface area contributed by atoms with E-state index in [0.717, 1.165) is 46.3 Å². The van der Waals surface area contributed by atoms with Crippen LogP contribution < -0.4 is 33.2 Å². The molecule has 3 aliphatic heterocycles. The predicted octanol–water partition coefficient (Wildman–Crippen LogP) is 5.92.